The number of anilines is 1. The van der Waals surface area contributed by atoms with Gasteiger partial charge in [0.05, 0.1) is 16.6 Å². The number of rotatable bonds is 1. The third kappa shape index (κ3) is 1.52. The Morgan fingerprint density at radius 3 is 2.53 bits per heavy atom. The third-order valence-electron chi connectivity index (χ3n) is 2.23. The van der Waals surface area contributed by atoms with E-state index >= 15 is 0 Å². The van der Waals surface area contributed by atoms with Gasteiger partial charge in [-0.05, 0) is 12.1 Å². The summed E-state index contributed by atoms with van der Waals surface area (Å²) in [6, 6.07) is 5.31. The number of hydrogen-bond acceptors (Lipinski definition) is 3. The van der Waals surface area contributed by atoms with Gasteiger partial charge in [-0.15, -0.1) is 0 Å². The Hall–Kier alpha value is -2.04. The number of fused-ring (bicyclic) bond motifs is 1. The molecule has 0 saturated carbocycles. The zero-order chi connectivity index (χ0) is 11.0. The van der Waals surface area contributed by atoms with E-state index in [4.69, 9.17) is 0 Å². The van der Waals surface area contributed by atoms with E-state index < -0.39 is 5.69 Å². The number of H-pyrrole nitrogens is 2. The quantitative estimate of drug-likeness (QED) is 0.702. The van der Waals surface area contributed by atoms with Crippen molar-refractivity contribution in [1.29, 1.82) is 0 Å². The topological polar surface area (TPSA) is 69.0 Å². The van der Waals surface area contributed by atoms with Crippen molar-refractivity contribution in [3.63, 3.8) is 0 Å². The first-order chi connectivity index (χ1) is 7.09. The molecule has 0 radical (unpaired) electrons. The molecule has 0 aliphatic heterocycles. The molecule has 0 atom stereocenters. The maximum atomic E-state index is 11.5. The Bertz CT molecular complexity index is 610. The molecule has 2 rings (SSSR count). The SMILES string of the molecule is CN(C)c1cccc2c(=O)[nH]c(=O)[nH]c12. The van der Waals surface area contributed by atoms with Crippen molar-refractivity contribution in [3.8, 4) is 0 Å². The molecule has 5 nitrogen and oxygen atoms in total. The molecule has 1 aromatic heterocycles. The van der Waals surface area contributed by atoms with Crippen LogP contribution in [-0.4, -0.2) is 24.1 Å². The first-order valence-corrected chi connectivity index (χ1v) is 4.52. The van der Waals surface area contributed by atoms with Crippen LogP contribution in [0.25, 0.3) is 10.9 Å². The number of aromatic nitrogens is 2. The molecule has 2 aromatic rings. The first kappa shape index (κ1) is 9.51. The second kappa shape index (κ2) is 3.27. The predicted octanol–water partition coefficient (Wildman–Crippen LogP) is 0.282. The summed E-state index contributed by atoms with van der Waals surface area (Å²) in [5, 5.41) is 0.487. The van der Waals surface area contributed by atoms with Crippen LogP contribution < -0.4 is 16.1 Å². The van der Waals surface area contributed by atoms with Gasteiger partial charge in [0.25, 0.3) is 5.56 Å². The van der Waals surface area contributed by atoms with Crippen LogP contribution in [0.4, 0.5) is 5.69 Å². The summed E-state index contributed by atoms with van der Waals surface area (Å²) in [5.74, 6) is 0. The van der Waals surface area contributed by atoms with Crippen LogP contribution in [0.15, 0.2) is 27.8 Å². The van der Waals surface area contributed by atoms with Crippen molar-refractivity contribution in [2.45, 2.75) is 0 Å². The summed E-state index contributed by atoms with van der Waals surface area (Å²) in [6.07, 6.45) is 0. The molecule has 0 saturated heterocycles. The number of hydrogen-bond donors (Lipinski definition) is 2. The zero-order valence-corrected chi connectivity index (χ0v) is 8.50. The highest BCUT2D eigenvalue weighted by atomic mass is 16.2. The Labute approximate surface area is 85.4 Å². The minimum atomic E-state index is -0.484. The smallest absolute Gasteiger partial charge is 0.326 e. The summed E-state index contributed by atoms with van der Waals surface area (Å²) >= 11 is 0. The lowest BCUT2D eigenvalue weighted by Crippen LogP contribution is -2.23. The second-order valence-electron chi connectivity index (χ2n) is 3.50. The third-order valence-corrected chi connectivity index (χ3v) is 2.23. The Balaban J connectivity index is 2.98. The minimum absolute atomic E-state index is 0.363. The van der Waals surface area contributed by atoms with Gasteiger partial charge in [-0.2, -0.15) is 0 Å². The van der Waals surface area contributed by atoms with Crippen LogP contribution in [0.1, 0.15) is 0 Å². The molecule has 1 aromatic carbocycles. The van der Waals surface area contributed by atoms with E-state index in [1.807, 2.05) is 25.1 Å². The number of nitrogens with one attached hydrogen (secondary N) is 2. The van der Waals surface area contributed by atoms with Crippen LogP contribution in [0.2, 0.25) is 0 Å². The number of nitrogens with zero attached hydrogens (tertiary/aromatic N) is 1. The highest BCUT2D eigenvalue weighted by Crippen LogP contribution is 2.19. The fraction of sp³-hybridized carbons (Fsp3) is 0.200. The van der Waals surface area contributed by atoms with Gasteiger partial charge in [-0.3, -0.25) is 9.78 Å². The van der Waals surface area contributed by atoms with Crippen LogP contribution in [0, 0.1) is 0 Å². The van der Waals surface area contributed by atoms with E-state index in [0.717, 1.165) is 5.69 Å². The van der Waals surface area contributed by atoms with E-state index in [-0.39, 0.29) is 5.56 Å². The van der Waals surface area contributed by atoms with Crippen LogP contribution in [0.3, 0.4) is 0 Å². The highest BCUT2D eigenvalue weighted by molar-refractivity contribution is 5.89. The lowest BCUT2D eigenvalue weighted by molar-refractivity contribution is 1.07. The zero-order valence-electron chi connectivity index (χ0n) is 8.50. The molecule has 0 unspecified atom stereocenters. The van der Waals surface area contributed by atoms with Gasteiger partial charge in [0.2, 0.25) is 0 Å². The molecule has 0 fully saturated rings. The second-order valence-corrected chi connectivity index (χ2v) is 3.50. The summed E-state index contributed by atoms with van der Waals surface area (Å²) in [6.45, 7) is 0. The summed E-state index contributed by atoms with van der Waals surface area (Å²) in [4.78, 5) is 29.3. The van der Waals surface area contributed by atoms with Gasteiger partial charge in [-0.1, -0.05) is 6.07 Å². The monoisotopic (exact) mass is 205 g/mol. The normalized spacial score (nSPS) is 10.5. The Morgan fingerprint density at radius 1 is 1.13 bits per heavy atom. The van der Waals surface area contributed by atoms with Crippen molar-refractivity contribution in [3.05, 3.63) is 39.0 Å². The largest absolute Gasteiger partial charge is 0.376 e. The standard InChI is InChI=1S/C10H11N3O2/c1-13(2)7-5-3-4-6-8(7)11-10(15)12-9(6)14/h3-5H,1-2H3,(H2,11,12,14,15). The van der Waals surface area contributed by atoms with Crippen LogP contribution in [0.5, 0.6) is 0 Å². The molecule has 0 amide bonds. The van der Waals surface area contributed by atoms with Crippen molar-refractivity contribution < 1.29 is 0 Å². The fourth-order valence-corrected chi connectivity index (χ4v) is 1.55. The average Bonchev–Trinajstić information content (AvgIpc) is 2.16. The number of benzene rings is 1. The van der Waals surface area contributed by atoms with Gasteiger partial charge < -0.3 is 9.88 Å². The average molecular weight is 205 g/mol. The van der Waals surface area contributed by atoms with Gasteiger partial charge >= 0.3 is 5.69 Å². The molecule has 0 spiro atoms. The molecule has 15 heavy (non-hydrogen) atoms. The fourth-order valence-electron chi connectivity index (χ4n) is 1.55. The Morgan fingerprint density at radius 2 is 1.87 bits per heavy atom. The van der Waals surface area contributed by atoms with Crippen molar-refractivity contribution in [2.75, 3.05) is 19.0 Å². The van der Waals surface area contributed by atoms with Gasteiger partial charge in [-0.25, -0.2) is 4.79 Å². The van der Waals surface area contributed by atoms with Gasteiger partial charge in [0, 0.05) is 14.1 Å². The number of para-hydroxylation sites is 1. The highest BCUT2D eigenvalue weighted by Gasteiger charge is 2.06. The summed E-state index contributed by atoms with van der Waals surface area (Å²) < 4.78 is 0. The lowest BCUT2D eigenvalue weighted by Gasteiger charge is -2.14. The maximum absolute atomic E-state index is 11.5. The predicted molar refractivity (Wildman–Crippen MR) is 59.5 cm³/mol. The lowest BCUT2D eigenvalue weighted by atomic mass is 10.2. The molecule has 0 bridgehead atoms. The summed E-state index contributed by atoms with van der Waals surface area (Å²) in [7, 11) is 3.71. The molecule has 78 valence electrons. The molecule has 0 aliphatic rings. The summed E-state index contributed by atoms with van der Waals surface area (Å²) in [5.41, 5.74) is 0.534. The first-order valence-electron chi connectivity index (χ1n) is 4.52. The van der Waals surface area contributed by atoms with E-state index in [2.05, 4.69) is 9.97 Å². The van der Waals surface area contributed by atoms with Crippen molar-refractivity contribution >= 4 is 16.6 Å². The van der Waals surface area contributed by atoms with Crippen molar-refractivity contribution in [2.24, 2.45) is 0 Å². The van der Waals surface area contributed by atoms with Gasteiger partial charge in [0.15, 0.2) is 0 Å². The minimum Gasteiger partial charge on any atom is -0.376 e. The molecule has 0 aliphatic carbocycles. The van der Waals surface area contributed by atoms with Crippen molar-refractivity contribution in [1.82, 2.24) is 9.97 Å². The molecular formula is C10H11N3O2. The van der Waals surface area contributed by atoms with E-state index in [0.29, 0.717) is 10.9 Å². The van der Waals surface area contributed by atoms with Crippen LogP contribution >= 0.6 is 0 Å². The Kier molecular flexibility index (Phi) is 2.07. The van der Waals surface area contributed by atoms with E-state index in [1.54, 1.807) is 12.1 Å². The number of aromatic amines is 2. The maximum Gasteiger partial charge on any atom is 0.326 e. The molecular weight excluding hydrogens is 194 g/mol. The molecule has 2 N–H and O–H groups in total. The van der Waals surface area contributed by atoms with E-state index in [9.17, 15) is 9.59 Å². The van der Waals surface area contributed by atoms with Crippen LogP contribution in [-0.2, 0) is 0 Å². The van der Waals surface area contributed by atoms with Gasteiger partial charge in [0.1, 0.15) is 0 Å². The molecule has 5 heteroatoms. The van der Waals surface area contributed by atoms with E-state index in [1.165, 1.54) is 0 Å². The molecule has 1 heterocycles.